The Balaban J connectivity index is 1.53. The molecule has 0 fully saturated rings. The van der Waals surface area contributed by atoms with Gasteiger partial charge in [-0.2, -0.15) is 10.4 Å². The fourth-order valence-electron chi connectivity index (χ4n) is 3.11. The Hall–Kier alpha value is -4.22. The van der Waals surface area contributed by atoms with Crippen molar-refractivity contribution in [3.8, 4) is 17.3 Å². The molecule has 8 nitrogen and oxygen atoms in total. The van der Waals surface area contributed by atoms with E-state index in [1.807, 2.05) is 19.2 Å². The first-order chi connectivity index (χ1) is 15.5. The van der Waals surface area contributed by atoms with Gasteiger partial charge in [0.05, 0.1) is 29.6 Å². The Kier molecular flexibility index (Phi) is 6.10. The number of rotatable bonds is 6. The SMILES string of the molecule is Cn1nccc1Nc1nccc(-c2ccc(NC(=O)Cc3ccccc3Cl)c(C#N)c2)n1. The summed E-state index contributed by atoms with van der Waals surface area (Å²) in [6, 6.07) is 18.0. The number of amides is 1. The number of nitrogens with one attached hydrogen (secondary N) is 2. The molecule has 0 aliphatic carbocycles. The van der Waals surface area contributed by atoms with Crippen LogP contribution in [-0.2, 0) is 18.3 Å². The smallest absolute Gasteiger partial charge is 0.228 e. The highest BCUT2D eigenvalue weighted by Gasteiger charge is 2.12. The van der Waals surface area contributed by atoms with Gasteiger partial charge in [0, 0.05) is 29.9 Å². The van der Waals surface area contributed by atoms with Crippen LogP contribution in [0, 0.1) is 11.3 Å². The molecule has 0 aliphatic heterocycles. The lowest BCUT2D eigenvalue weighted by Gasteiger charge is -2.10. The predicted octanol–water partition coefficient (Wildman–Crippen LogP) is 4.33. The van der Waals surface area contributed by atoms with Crippen molar-refractivity contribution in [2.45, 2.75) is 6.42 Å². The van der Waals surface area contributed by atoms with Crippen molar-refractivity contribution < 1.29 is 4.79 Å². The number of nitrogens with zero attached hydrogens (tertiary/aromatic N) is 5. The van der Waals surface area contributed by atoms with E-state index in [0.717, 1.165) is 16.9 Å². The van der Waals surface area contributed by atoms with Gasteiger partial charge in [-0.1, -0.05) is 35.9 Å². The summed E-state index contributed by atoms with van der Waals surface area (Å²) in [4.78, 5) is 21.2. The first-order valence-electron chi connectivity index (χ1n) is 9.69. The predicted molar refractivity (Wildman–Crippen MR) is 122 cm³/mol. The monoisotopic (exact) mass is 443 g/mol. The first kappa shape index (κ1) is 21.0. The van der Waals surface area contributed by atoms with E-state index in [1.54, 1.807) is 59.5 Å². The van der Waals surface area contributed by atoms with E-state index in [9.17, 15) is 10.1 Å². The average Bonchev–Trinajstić information content (AvgIpc) is 3.20. The molecule has 0 spiro atoms. The maximum absolute atomic E-state index is 12.5. The second-order valence-electron chi connectivity index (χ2n) is 6.92. The van der Waals surface area contributed by atoms with Gasteiger partial charge in [0.25, 0.3) is 0 Å². The van der Waals surface area contributed by atoms with Crippen molar-refractivity contribution in [3.63, 3.8) is 0 Å². The molecule has 1 amide bonds. The molecule has 0 saturated carbocycles. The van der Waals surface area contributed by atoms with Crippen molar-refractivity contribution in [1.29, 1.82) is 5.26 Å². The minimum Gasteiger partial charge on any atom is -0.325 e. The summed E-state index contributed by atoms with van der Waals surface area (Å²) in [6.45, 7) is 0. The van der Waals surface area contributed by atoms with E-state index in [-0.39, 0.29) is 12.3 Å². The molecule has 158 valence electrons. The third kappa shape index (κ3) is 4.74. The van der Waals surface area contributed by atoms with Gasteiger partial charge in [-0.05, 0) is 29.8 Å². The summed E-state index contributed by atoms with van der Waals surface area (Å²) in [6.07, 6.45) is 3.41. The summed E-state index contributed by atoms with van der Waals surface area (Å²) in [5.41, 5.74) is 2.83. The Morgan fingerprint density at radius 2 is 2.00 bits per heavy atom. The number of halogens is 1. The summed E-state index contributed by atoms with van der Waals surface area (Å²) < 4.78 is 1.67. The number of aryl methyl sites for hydroxylation is 1. The minimum absolute atomic E-state index is 0.112. The van der Waals surface area contributed by atoms with Crippen molar-refractivity contribution in [2.24, 2.45) is 7.05 Å². The zero-order valence-corrected chi connectivity index (χ0v) is 17.8. The van der Waals surface area contributed by atoms with Crippen LogP contribution in [0.1, 0.15) is 11.1 Å². The number of aromatic nitrogens is 4. The molecule has 0 unspecified atom stereocenters. The summed E-state index contributed by atoms with van der Waals surface area (Å²) in [5, 5.41) is 20.1. The van der Waals surface area contributed by atoms with Crippen LogP contribution in [0.3, 0.4) is 0 Å². The molecule has 2 aromatic heterocycles. The van der Waals surface area contributed by atoms with E-state index < -0.39 is 0 Å². The normalized spacial score (nSPS) is 10.4. The second kappa shape index (κ2) is 9.29. The highest BCUT2D eigenvalue weighted by molar-refractivity contribution is 6.31. The van der Waals surface area contributed by atoms with Crippen LogP contribution in [0.2, 0.25) is 5.02 Å². The standard InChI is InChI=1S/C23H18ClN7O/c1-31-21(9-11-27-31)30-23-26-10-8-20(29-23)16-6-7-19(17(12-16)14-25)28-22(32)13-15-4-2-3-5-18(15)24/h2-12H,13H2,1H3,(H,28,32)(H,26,29,30). The molecule has 2 N–H and O–H groups in total. The number of carbonyl (C=O) groups excluding carboxylic acids is 1. The van der Waals surface area contributed by atoms with Gasteiger partial charge in [-0.15, -0.1) is 0 Å². The lowest BCUT2D eigenvalue weighted by molar-refractivity contribution is -0.115. The number of carbonyl (C=O) groups is 1. The van der Waals surface area contributed by atoms with Gasteiger partial charge < -0.3 is 10.6 Å². The zero-order valence-electron chi connectivity index (χ0n) is 17.1. The van der Waals surface area contributed by atoms with Crippen LogP contribution in [0.25, 0.3) is 11.3 Å². The largest absolute Gasteiger partial charge is 0.325 e. The fraction of sp³-hybridized carbons (Fsp3) is 0.0870. The van der Waals surface area contributed by atoms with E-state index in [4.69, 9.17) is 11.6 Å². The molecule has 0 bridgehead atoms. The van der Waals surface area contributed by atoms with Crippen molar-refractivity contribution in [2.75, 3.05) is 10.6 Å². The molecule has 9 heteroatoms. The van der Waals surface area contributed by atoms with Gasteiger partial charge in [-0.3, -0.25) is 9.48 Å². The first-order valence-corrected chi connectivity index (χ1v) is 10.1. The summed E-state index contributed by atoms with van der Waals surface area (Å²) >= 11 is 6.13. The molecule has 4 rings (SSSR count). The number of nitriles is 1. The van der Waals surface area contributed by atoms with Gasteiger partial charge >= 0.3 is 0 Å². The third-order valence-electron chi connectivity index (χ3n) is 4.74. The Labute approximate surface area is 189 Å². The van der Waals surface area contributed by atoms with Gasteiger partial charge in [-0.25, -0.2) is 9.97 Å². The maximum atomic E-state index is 12.5. The lowest BCUT2D eigenvalue weighted by atomic mass is 10.1. The van der Waals surface area contributed by atoms with E-state index in [0.29, 0.717) is 27.9 Å². The maximum Gasteiger partial charge on any atom is 0.228 e. The van der Waals surface area contributed by atoms with Crippen LogP contribution in [0.4, 0.5) is 17.5 Å². The van der Waals surface area contributed by atoms with Crippen LogP contribution in [-0.4, -0.2) is 25.7 Å². The van der Waals surface area contributed by atoms with E-state index in [2.05, 4.69) is 31.8 Å². The van der Waals surface area contributed by atoms with E-state index >= 15 is 0 Å². The fourth-order valence-corrected chi connectivity index (χ4v) is 3.31. The number of hydrogen-bond donors (Lipinski definition) is 2. The summed E-state index contributed by atoms with van der Waals surface area (Å²) in [7, 11) is 1.81. The minimum atomic E-state index is -0.257. The Bertz CT molecular complexity index is 1330. The van der Waals surface area contributed by atoms with Crippen molar-refractivity contribution >= 4 is 35.0 Å². The van der Waals surface area contributed by atoms with Crippen molar-refractivity contribution in [3.05, 3.63) is 83.1 Å². The molecule has 0 atom stereocenters. The molecular weight excluding hydrogens is 426 g/mol. The summed E-state index contributed by atoms with van der Waals surface area (Å²) in [5.74, 6) is 0.894. The van der Waals surface area contributed by atoms with Gasteiger partial charge in [0.15, 0.2) is 0 Å². The number of benzene rings is 2. The zero-order chi connectivity index (χ0) is 22.5. The molecule has 2 heterocycles. The molecule has 0 radical (unpaired) electrons. The molecule has 4 aromatic rings. The number of hydrogen-bond acceptors (Lipinski definition) is 6. The van der Waals surface area contributed by atoms with Crippen LogP contribution >= 0.6 is 11.6 Å². The van der Waals surface area contributed by atoms with Gasteiger partial charge in [0.2, 0.25) is 11.9 Å². The Morgan fingerprint density at radius 3 is 2.75 bits per heavy atom. The highest BCUT2D eigenvalue weighted by Crippen LogP contribution is 2.25. The topological polar surface area (TPSA) is 109 Å². The van der Waals surface area contributed by atoms with Crippen molar-refractivity contribution in [1.82, 2.24) is 19.7 Å². The molecule has 0 aliphatic rings. The third-order valence-corrected chi connectivity index (χ3v) is 5.10. The van der Waals surface area contributed by atoms with Gasteiger partial charge in [0.1, 0.15) is 11.9 Å². The Morgan fingerprint density at radius 1 is 1.16 bits per heavy atom. The molecular formula is C23H18ClN7O. The average molecular weight is 444 g/mol. The van der Waals surface area contributed by atoms with Crippen LogP contribution in [0.5, 0.6) is 0 Å². The lowest BCUT2D eigenvalue weighted by Crippen LogP contribution is -2.15. The van der Waals surface area contributed by atoms with Crippen LogP contribution in [0.15, 0.2) is 67.0 Å². The molecule has 2 aromatic carbocycles. The molecule has 32 heavy (non-hydrogen) atoms. The quantitative estimate of drug-likeness (QED) is 0.459. The second-order valence-corrected chi connectivity index (χ2v) is 7.33. The van der Waals surface area contributed by atoms with E-state index in [1.165, 1.54) is 0 Å². The molecule has 0 saturated heterocycles. The number of anilines is 3. The van der Waals surface area contributed by atoms with Crippen LogP contribution < -0.4 is 10.6 Å². The highest BCUT2D eigenvalue weighted by atomic mass is 35.5.